The molecule has 0 unspecified atom stereocenters. The van der Waals surface area contributed by atoms with E-state index in [-0.39, 0.29) is 5.91 Å². The number of rotatable bonds is 8. The van der Waals surface area contributed by atoms with Gasteiger partial charge in [-0.1, -0.05) is 25.5 Å². The smallest absolute Gasteiger partial charge is 0.251 e. The minimum Gasteiger partial charge on any atom is -0.465 e. The summed E-state index contributed by atoms with van der Waals surface area (Å²) in [5, 5.41) is 6.25. The first-order valence-electron chi connectivity index (χ1n) is 7.82. The van der Waals surface area contributed by atoms with Gasteiger partial charge in [-0.15, -0.1) is 0 Å². The molecule has 4 heteroatoms. The molecule has 1 aromatic heterocycles. The standard InChI is InChI=1S/C18H24N2O2/c1-3-4-11-20-18(21)16-8-6-15(7-9-16)12-19-13-17-10-5-14(2)22-17/h5-10,19H,3-4,11-13H2,1-2H3,(H,20,21). The van der Waals surface area contributed by atoms with Crippen LogP contribution in [0.4, 0.5) is 0 Å². The van der Waals surface area contributed by atoms with Gasteiger partial charge in [-0.25, -0.2) is 0 Å². The van der Waals surface area contributed by atoms with Gasteiger partial charge in [0.15, 0.2) is 0 Å². The molecule has 0 saturated carbocycles. The van der Waals surface area contributed by atoms with Crippen LogP contribution in [0.1, 0.15) is 47.2 Å². The molecule has 0 aliphatic carbocycles. The number of carbonyl (C=O) groups excluding carboxylic acids is 1. The molecule has 2 rings (SSSR count). The van der Waals surface area contributed by atoms with E-state index in [0.29, 0.717) is 12.1 Å². The van der Waals surface area contributed by atoms with Crippen molar-refractivity contribution in [3.63, 3.8) is 0 Å². The van der Waals surface area contributed by atoms with E-state index in [9.17, 15) is 4.79 Å². The molecule has 1 heterocycles. The van der Waals surface area contributed by atoms with E-state index in [1.165, 1.54) is 0 Å². The third kappa shape index (κ3) is 5.04. The van der Waals surface area contributed by atoms with Crippen LogP contribution in [0.3, 0.4) is 0 Å². The summed E-state index contributed by atoms with van der Waals surface area (Å²) in [6.45, 7) is 6.23. The van der Waals surface area contributed by atoms with Crippen LogP contribution >= 0.6 is 0 Å². The summed E-state index contributed by atoms with van der Waals surface area (Å²) in [5.41, 5.74) is 1.86. The summed E-state index contributed by atoms with van der Waals surface area (Å²) in [6, 6.07) is 11.6. The number of benzene rings is 1. The molecule has 0 aliphatic rings. The fourth-order valence-corrected chi connectivity index (χ4v) is 2.16. The van der Waals surface area contributed by atoms with Crippen molar-refractivity contribution in [1.82, 2.24) is 10.6 Å². The molecule has 0 fully saturated rings. The normalized spacial score (nSPS) is 10.6. The van der Waals surface area contributed by atoms with Crippen molar-refractivity contribution < 1.29 is 9.21 Å². The Bertz CT molecular complexity index is 587. The molecule has 2 aromatic rings. The zero-order valence-corrected chi connectivity index (χ0v) is 13.3. The molecule has 0 atom stereocenters. The van der Waals surface area contributed by atoms with Gasteiger partial charge in [0.2, 0.25) is 0 Å². The lowest BCUT2D eigenvalue weighted by molar-refractivity contribution is 0.0953. The Morgan fingerprint density at radius 2 is 1.86 bits per heavy atom. The van der Waals surface area contributed by atoms with Crippen molar-refractivity contribution in [2.75, 3.05) is 6.54 Å². The first kappa shape index (κ1) is 16.3. The first-order chi connectivity index (χ1) is 10.7. The molecular formula is C18H24N2O2. The Morgan fingerprint density at radius 1 is 1.09 bits per heavy atom. The topological polar surface area (TPSA) is 54.3 Å². The summed E-state index contributed by atoms with van der Waals surface area (Å²) in [4.78, 5) is 11.9. The number of aryl methyl sites for hydroxylation is 1. The zero-order chi connectivity index (χ0) is 15.8. The van der Waals surface area contributed by atoms with E-state index < -0.39 is 0 Å². The van der Waals surface area contributed by atoms with Crippen molar-refractivity contribution in [3.05, 3.63) is 59.0 Å². The van der Waals surface area contributed by atoms with Crippen molar-refractivity contribution in [2.45, 2.75) is 39.8 Å². The predicted octanol–water partition coefficient (Wildman–Crippen LogP) is 3.41. The molecule has 0 radical (unpaired) electrons. The fraction of sp³-hybridized carbons (Fsp3) is 0.389. The highest BCUT2D eigenvalue weighted by Gasteiger charge is 2.04. The maximum absolute atomic E-state index is 11.9. The highest BCUT2D eigenvalue weighted by Crippen LogP contribution is 2.07. The van der Waals surface area contributed by atoms with E-state index in [2.05, 4.69) is 17.6 Å². The van der Waals surface area contributed by atoms with E-state index in [1.54, 1.807) is 0 Å². The van der Waals surface area contributed by atoms with Crippen LogP contribution in [0.15, 0.2) is 40.8 Å². The summed E-state index contributed by atoms with van der Waals surface area (Å²) >= 11 is 0. The van der Waals surface area contributed by atoms with E-state index in [0.717, 1.165) is 43.0 Å². The highest BCUT2D eigenvalue weighted by molar-refractivity contribution is 5.94. The maximum atomic E-state index is 11.9. The van der Waals surface area contributed by atoms with Crippen LogP contribution in [0.5, 0.6) is 0 Å². The van der Waals surface area contributed by atoms with Crippen LogP contribution in [0.2, 0.25) is 0 Å². The molecule has 1 amide bonds. The van der Waals surface area contributed by atoms with Crippen molar-refractivity contribution >= 4 is 5.91 Å². The molecule has 0 spiro atoms. The number of amides is 1. The van der Waals surface area contributed by atoms with Crippen LogP contribution in [-0.2, 0) is 13.1 Å². The van der Waals surface area contributed by atoms with Crippen molar-refractivity contribution in [1.29, 1.82) is 0 Å². The summed E-state index contributed by atoms with van der Waals surface area (Å²) in [5.74, 6) is 1.86. The SMILES string of the molecule is CCCCNC(=O)c1ccc(CNCc2ccc(C)o2)cc1. The lowest BCUT2D eigenvalue weighted by Crippen LogP contribution is -2.24. The largest absolute Gasteiger partial charge is 0.465 e. The average molecular weight is 300 g/mol. The summed E-state index contributed by atoms with van der Waals surface area (Å²) < 4.78 is 5.50. The number of nitrogens with one attached hydrogen (secondary N) is 2. The van der Waals surface area contributed by atoms with Gasteiger partial charge >= 0.3 is 0 Å². The van der Waals surface area contributed by atoms with Crippen LogP contribution in [0, 0.1) is 6.92 Å². The van der Waals surface area contributed by atoms with E-state index >= 15 is 0 Å². The lowest BCUT2D eigenvalue weighted by Gasteiger charge is -2.06. The molecule has 0 saturated heterocycles. The van der Waals surface area contributed by atoms with Crippen LogP contribution in [0.25, 0.3) is 0 Å². The Hall–Kier alpha value is -2.07. The second-order valence-corrected chi connectivity index (χ2v) is 5.42. The molecule has 4 nitrogen and oxygen atoms in total. The number of hydrogen-bond donors (Lipinski definition) is 2. The Morgan fingerprint density at radius 3 is 2.50 bits per heavy atom. The van der Waals surface area contributed by atoms with Gasteiger partial charge in [-0.05, 0) is 43.2 Å². The van der Waals surface area contributed by atoms with E-state index in [1.807, 2.05) is 43.3 Å². The summed E-state index contributed by atoms with van der Waals surface area (Å²) in [7, 11) is 0. The molecule has 22 heavy (non-hydrogen) atoms. The Labute approximate surface area is 131 Å². The second-order valence-electron chi connectivity index (χ2n) is 5.42. The fourth-order valence-electron chi connectivity index (χ4n) is 2.16. The Balaban J connectivity index is 1.77. The molecule has 2 N–H and O–H groups in total. The van der Waals surface area contributed by atoms with Crippen LogP contribution < -0.4 is 10.6 Å². The van der Waals surface area contributed by atoms with E-state index in [4.69, 9.17) is 4.42 Å². The van der Waals surface area contributed by atoms with Gasteiger partial charge in [-0.2, -0.15) is 0 Å². The minimum absolute atomic E-state index is 0.000907. The first-order valence-corrected chi connectivity index (χ1v) is 7.82. The average Bonchev–Trinajstić information content (AvgIpc) is 2.93. The minimum atomic E-state index is -0.000907. The molecule has 0 bridgehead atoms. The van der Waals surface area contributed by atoms with Crippen molar-refractivity contribution in [3.8, 4) is 0 Å². The monoisotopic (exact) mass is 300 g/mol. The second kappa shape index (κ2) is 8.39. The van der Waals surface area contributed by atoms with Gasteiger partial charge in [0, 0.05) is 18.7 Å². The van der Waals surface area contributed by atoms with Crippen molar-refractivity contribution in [2.24, 2.45) is 0 Å². The highest BCUT2D eigenvalue weighted by atomic mass is 16.3. The van der Waals surface area contributed by atoms with Gasteiger partial charge in [0.1, 0.15) is 11.5 Å². The molecule has 118 valence electrons. The van der Waals surface area contributed by atoms with Crippen LogP contribution in [-0.4, -0.2) is 12.5 Å². The number of carbonyl (C=O) groups is 1. The number of unbranched alkanes of at least 4 members (excludes halogenated alkanes) is 1. The zero-order valence-electron chi connectivity index (χ0n) is 13.3. The molecular weight excluding hydrogens is 276 g/mol. The quantitative estimate of drug-likeness (QED) is 0.735. The lowest BCUT2D eigenvalue weighted by atomic mass is 10.1. The third-order valence-electron chi connectivity index (χ3n) is 3.46. The van der Waals surface area contributed by atoms with Gasteiger partial charge in [-0.3, -0.25) is 4.79 Å². The maximum Gasteiger partial charge on any atom is 0.251 e. The summed E-state index contributed by atoms with van der Waals surface area (Å²) in [6.07, 6.45) is 2.10. The third-order valence-corrected chi connectivity index (χ3v) is 3.46. The van der Waals surface area contributed by atoms with Gasteiger partial charge in [0.25, 0.3) is 5.91 Å². The van der Waals surface area contributed by atoms with Gasteiger partial charge < -0.3 is 15.1 Å². The molecule has 1 aromatic carbocycles. The number of hydrogen-bond acceptors (Lipinski definition) is 3. The molecule has 0 aliphatic heterocycles. The predicted molar refractivity (Wildman–Crippen MR) is 87.7 cm³/mol. The number of furan rings is 1. The Kier molecular flexibility index (Phi) is 6.22. The van der Waals surface area contributed by atoms with Gasteiger partial charge in [0.05, 0.1) is 6.54 Å².